The molecule has 124 valence electrons. The van der Waals surface area contributed by atoms with E-state index in [0.29, 0.717) is 5.92 Å². The van der Waals surface area contributed by atoms with Gasteiger partial charge >= 0.3 is 0 Å². The summed E-state index contributed by atoms with van der Waals surface area (Å²) in [6.07, 6.45) is 0.829. The normalized spacial score (nSPS) is 11.2. The lowest BCUT2D eigenvalue weighted by molar-refractivity contribution is 0.435. The van der Waals surface area contributed by atoms with Crippen LogP contribution in [0.5, 0.6) is 5.88 Å². The van der Waals surface area contributed by atoms with E-state index in [1.165, 1.54) is 5.56 Å². The van der Waals surface area contributed by atoms with Crippen molar-refractivity contribution in [3.8, 4) is 22.7 Å². The van der Waals surface area contributed by atoms with Gasteiger partial charge in [0.05, 0.1) is 16.9 Å². The smallest absolute Gasteiger partial charge is 0.222 e. The van der Waals surface area contributed by atoms with Gasteiger partial charge in [0, 0.05) is 0 Å². The number of rotatable bonds is 4. The van der Waals surface area contributed by atoms with E-state index in [1.54, 1.807) is 4.68 Å². The van der Waals surface area contributed by atoms with Crippen molar-refractivity contribution in [1.29, 1.82) is 0 Å². The van der Waals surface area contributed by atoms with Crippen LogP contribution in [-0.2, 0) is 6.42 Å². The Kier molecular flexibility index (Phi) is 4.43. The topological polar surface area (TPSA) is 38.0 Å². The van der Waals surface area contributed by atoms with Crippen LogP contribution in [0.4, 0.5) is 0 Å². The molecule has 0 aliphatic rings. The zero-order valence-corrected chi connectivity index (χ0v) is 14.7. The molecule has 24 heavy (non-hydrogen) atoms. The first kappa shape index (κ1) is 16.3. The third-order valence-corrected chi connectivity index (χ3v) is 4.22. The lowest BCUT2D eigenvalue weighted by Gasteiger charge is -2.07. The van der Waals surface area contributed by atoms with Crippen LogP contribution in [0, 0.1) is 19.8 Å². The number of hydrogen-bond acceptors (Lipinski definition) is 2. The average molecular weight is 320 g/mol. The van der Waals surface area contributed by atoms with Crippen molar-refractivity contribution in [2.24, 2.45) is 5.92 Å². The van der Waals surface area contributed by atoms with Crippen LogP contribution in [0.3, 0.4) is 0 Å². The molecular formula is C21H24N2O. The highest BCUT2D eigenvalue weighted by Gasteiger charge is 2.21. The maximum atomic E-state index is 10.9. The van der Waals surface area contributed by atoms with E-state index in [-0.39, 0.29) is 5.88 Å². The quantitative estimate of drug-likeness (QED) is 0.729. The zero-order chi connectivity index (χ0) is 17.3. The van der Waals surface area contributed by atoms with Crippen molar-refractivity contribution in [2.45, 2.75) is 34.1 Å². The molecule has 1 aromatic heterocycles. The fourth-order valence-electron chi connectivity index (χ4n) is 2.97. The van der Waals surface area contributed by atoms with Crippen LogP contribution < -0.4 is 0 Å². The molecule has 3 heteroatoms. The molecule has 0 saturated heterocycles. The van der Waals surface area contributed by atoms with Crippen molar-refractivity contribution in [3.05, 3.63) is 65.4 Å². The first-order valence-corrected chi connectivity index (χ1v) is 8.41. The summed E-state index contributed by atoms with van der Waals surface area (Å²) in [5.74, 6) is 0.678. The molecule has 3 nitrogen and oxygen atoms in total. The maximum Gasteiger partial charge on any atom is 0.222 e. The second-order valence-corrected chi connectivity index (χ2v) is 6.81. The third kappa shape index (κ3) is 3.07. The average Bonchev–Trinajstić information content (AvgIpc) is 2.84. The van der Waals surface area contributed by atoms with Gasteiger partial charge in [-0.3, -0.25) is 0 Å². The van der Waals surface area contributed by atoms with Crippen molar-refractivity contribution >= 4 is 0 Å². The molecule has 0 atom stereocenters. The van der Waals surface area contributed by atoms with Gasteiger partial charge in [-0.15, -0.1) is 0 Å². The predicted octanol–water partition coefficient (Wildman–Crippen LogP) is 5.06. The van der Waals surface area contributed by atoms with Crippen molar-refractivity contribution in [1.82, 2.24) is 9.78 Å². The second-order valence-electron chi connectivity index (χ2n) is 6.81. The molecule has 1 N–H and O–H groups in total. The van der Waals surface area contributed by atoms with E-state index in [0.717, 1.165) is 34.5 Å². The predicted molar refractivity (Wildman–Crippen MR) is 98.7 cm³/mol. The van der Waals surface area contributed by atoms with Gasteiger partial charge in [-0.25, -0.2) is 4.68 Å². The fourth-order valence-corrected chi connectivity index (χ4v) is 2.97. The Morgan fingerprint density at radius 3 is 2.29 bits per heavy atom. The Labute approximate surface area is 143 Å². The summed E-state index contributed by atoms with van der Waals surface area (Å²) in [7, 11) is 0. The number of hydrogen-bond donors (Lipinski definition) is 1. The lowest BCUT2D eigenvalue weighted by Crippen LogP contribution is -2.01. The van der Waals surface area contributed by atoms with Gasteiger partial charge in [0.25, 0.3) is 0 Å². The van der Waals surface area contributed by atoms with Crippen molar-refractivity contribution in [3.63, 3.8) is 0 Å². The summed E-state index contributed by atoms with van der Waals surface area (Å²) in [6, 6.07) is 16.2. The lowest BCUT2D eigenvalue weighted by atomic mass is 9.99. The number of aromatic hydroxyl groups is 1. The highest BCUT2D eigenvalue weighted by molar-refractivity contribution is 5.72. The van der Waals surface area contributed by atoms with Crippen LogP contribution in [-0.4, -0.2) is 14.9 Å². The van der Waals surface area contributed by atoms with Crippen LogP contribution >= 0.6 is 0 Å². The summed E-state index contributed by atoms with van der Waals surface area (Å²) in [4.78, 5) is 0. The number of para-hydroxylation sites is 1. The SMILES string of the molecule is Cc1ccc(-c2c(CC(C)C)nn(-c3ccccc3C)c2O)cc1. The summed E-state index contributed by atoms with van der Waals surface area (Å²) < 4.78 is 1.67. The number of benzene rings is 2. The van der Waals surface area contributed by atoms with Crippen LogP contribution in [0.25, 0.3) is 16.8 Å². The molecule has 0 saturated carbocycles. The Morgan fingerprint density at radius 2 is 1.67 bits per heavy atom. The molecule has 0 radical (unpaired) electrons. The second kappa shape index (κ2) is 6.52. The van der Waals surface area contributed by atoms with E-state index in [9.17, 15) is 5.11 Å². The Morgan fingerprint density at radius 1 is 1.00 bits per heavy atom. The monoisotopic (exact) mass is 320 g/mol. The zero-order valence-electron chi connectivity index (χ0n) is 14.7. The van der Waals surface area contributed by atoms with Gasteiger partial charge in [-0.05, 0) is 43.4 Å². The van der Waals surface area contributed by atoms with E-state index in [2.05, 4.69) is 45.0 Å². The Hall–Kier alpha value is -2.55. The number of aromatic nitrogens is 2. The minimum absolute atomic E-state index is 0.212. The van der Waals surface area contributed by atoms with Gasteiger partial charge in [-0.2, -0.15) is 5.10 Å². The minimum atomic E-state index is 0.212. The molecule has 0 aliphatic heterocycles. The molecule has 0 spiro atoms. The van der Waals surface area contributed by atoms with Gasteiger partial charge < -0.3 is 5.11 Å². The van der Waals surface area contributed by atoms with E-state index >= 15 is 0 Å². The Balaban J connectivity index is 2.20. The molecule has 0 bridgehead atoms. The molecule has 0 aliphatic carbocycles. The van der Waals surface area contributed by atoms with Crippen LogP contribution in [0.15, 0.2) is 48.5 Å². The van der Waals surface area contributed by atoms with Gasteiger partial charge in [-0.1, -0.05) is 61.9 Å². The standard InChI is InChI=1S/C21H24N2O/c1-14(2)13-18-20(17-11-9-15(3)10-12-17)21(24)23(22-18)19-8-6-5-7-16(19)4/h5-12,14,24H,13H2,1-4H3. The van der Waals surface area contributed by atoms with Crippen LogP contribution in [0.1, 0.15) is 30.7 Å². The van der Waals surface area contributed by atoms with E-state index in [4.69, 9.17) is 5.10 Å². The minimum Gasteiger partial charge on any atom is -0.493 e. The molecule has 2 aromatic carbocycles. The molecule has 0 unspecified atom stereocenters. The molecule has 0 fully saturated rings. The van der Waals surface area contributed by atoms with Crippen molar-refractivity contribution in [2.75, 3.05) is 0 Å². The number of nitrogens with zero attached hydrogens (tertiary/aromatic N) is 2. The van der Waals surface area contributed by atoms with Gasteiger partial charge in [0.15, 0.2) is 0 Å². The molecule has 3 rings (SSSR count). The summed E-state index contributed by atoms with van der Waals surface area (Å²) in [5, 5.41) is 15.7. The van der Waals surface area contributed by atoms with Gasteiger partial charge in [0.2, 0.25) is 5.88 Å². The van der Waals surface area contributed by atoms with Crippen molar-refractivity contribution < 1.29 is 5.11 Å². The van der Waals surface area contributed by atoms with Crippen LogP contribution in [0.2, 0.25) is 0 Å². The number of aryl methyl sites for hydroxylation is 2. The van der Waals surface area contributed by atoms with Gasteiger partial charge in [0.1, 0.15) is 0 Å². The highest BCUT2D eigenvalue weighted by Crippen LogP contribution is 2.36. The summed E-state index contributed by atoms with van der Waals surface area (Å²) in [5.41, 5.74) is 5.99. The largest absolute Gasteiger partial charge is 0.493 e. The van der Waals surface area contributed by atoms with E-state index in [1.807, 2.05) is 31.2 Å². The first-order valence-electron chi connectivity index (χ1n) is 8.41. The highest BCUT2D eigenvalue weighted by atomic mass is 16.3. The molecule has 3 aromatic rings. The maximum absolute atomic E-state index is 10.9. The fraction of sp³-hybridized carbons (Fsp3) is 0.286. The summed E-state index contributed by atoms with van der Waals surface area (Å²) >= 11 is 0. The molecule has 0 amide bonds. The van der Waals surface area contributed by atoms with E-state index < -0.39 is 0 Å². The molecule has 1 heterocycles. The summed E-state index contributed by atoms with van der Waals surface area (Å²) in [6.45, 7) is 8.44. The first-order chi connectivity index (χ1) is 11.5. The third-order valence-electron chi connectivity index (χ3n) is 4.22. The Bertz CT molecular complexity index is 845. The molecular weight excluding hydrogens is 296 g/mol.